The van der Waals surface area contributed by atoms with Crippen LogP contribution in [-0.2, 0) is 9.59 Å². The Hall–Kier alpha value is -2.27. The maximum atomic E-state index is 11.1. The Bertz CT molecular complexity index is 688. The van der Waals surface area contributed by atoms with E-state index in [-0.39, 0.29) is 5.91 Å². The highest BCUT2D eigenvalue weighted by molar-refractivity contribution is 6.31. The molecule has 6 heteroatoms. The van der Waals surface area contributed by atoms with Gasteiger partial charge in [-0.05, 0) is 18.2 Å². The van der Waals surface area contributed by atoms with Crippen molar-refractivity contribution in [2.24, 2.45) is 0 Å². The van der Waals surface area contributed by atoms with E-state index < -0.39 is 5.97 Å². The molecule has 0 spiro atoms. The summed E-state index contributed by atoms with van der Waals surface area (Å²) in [5, 5.41) is 12.7. The average Bonchev–Trinajstić information content (AvgIpc) is 2.61. The van der Waals surface area contributed by atoms with Gasteiger partial charge in [0.1, 0.15) is 5.82 Å². The fourth-order valence-corrected chi connectivity index (χ4v) is 1.97. The second-order valence-corrected chi connectivity index (χ2v) is 4.39. The maximum Gasteiger partial charge on any atom is 0.328 e. The molecule has 1 aromatic carbocycles. The molecular weight excluding hydrogens is 268 g/mol. The number of hydrogen-bond donors (Lipinski definition) is 3. The molecule has 0 aliphatic rings. The number of halogens is 1. The number of amides is 1. The lowest BCUT2D eigenvalue weighted by Crippen LogP contribution is -2.06. The van der Waals surface area contributed by atoms with Gasteiger partial charge in [0.05, 0.1) is 0 Å². The van der Waals surface area contributed by atoms with Crippen LogP contribution in [0.2, 0.25) is 5.02 Å². The number of fused-ring (bicyclic) bond motifs is 1. The molecule has 0 atom stereocenters. The van der Waals surface area contributed by atoms with Crippen molar-refractivity contribution in [2.45, 2.75) is 6.92 Å². The SMILES string of the molecule is CC(=O)Nc1[nH]c2cc(Cl)ccc2c1C=CC(=O)O. The number of benzene rings is 1. The van der Waals surface area contributed by atoms with Gasteiger partial charge in [0.15, 0.2) is 0 Å². The van der Waals surface area contributed by atoms with Crippen molar-refractivity contribution < 1.29 is 14.7 Å². The smallest absolute Gasteiger partial charge is 0.328 e. The third kappa shape index (κ3) is 2.95. The van der Waals surface area contributed by atoms with Crippen molar-refractivity contribution in [3.05, 3.63) is 34.9 Å². The Morgan fingerprint density at radius 3 is 2.79 bits per heavy atom. The van der Waals surface area contributed by atoms with Gasteiger partial charge in [0, 0.05) is 34.5 Å². The monoisotopic (exact) mass is 278 g/mol. The van der Waals surface area contributed by atoms with Crippen LogP contribution >= 0.6 is 11.6 Å². The van der Waals surface area contributed by atoms with Crippen LogP contribution in [0.4, 0.5) is 5.82 Å². The Balaban J connectivity index is 2.60. The number of carboxylic acid groups (broad SMARTS) is 1. The Morgan fingerprint density at radius 1 is 1.42 bits per heavy atom. The summed E-state index contributed by atoms with van der Waals surface area (Å²) in [6.07, 6.45) is 2.45. The van der Waals surface area contributed by atoms with E-state index >= 15 is 0 Å². The number of hydrogen-bond acceptors (Lipinski definition) is 2. The van der Waals surface area contributed by atoms with Crippen molar-refractivity contribution in [3.8, 4) is 0 Å². The fourth-order valence-electron chi connectivity index (χ4n) is 1.79. The first-order valence-corrected chi connectivity index (χ1v) is 5.85. The highest BCUT2D eigenvalue weighted by atomic mass is 35.5. The Morgan fingerprint density at radius 2 is 2.16 bits per heavy atom. The van der Waals surface area contributed by atoms with Crippen molar-refractivity contribution >= 4 is 46.3 Å². The number of carboxylic acids is 1. The molecule has 0 saturated carbocycles. The van der Waals surface area contributed by atoms with E-state index in [4.69, 9.17) is 16.7 Å². The number of anilines is 1. The van der Waals surface area contributed by atoms with Gasteiger partial charge in [0.2, 0.25) is 5.91 Å². The van der Waals surface area contributed by atoms with Gasteiger partial charge < -0.3 is 15.4 Å². The van der Waals surface area contributed by atoms with Gasteiger partial charge in [-0.3, -0.25) is 4.79 Å². The van der Waals surface area contributed by atoms with E-state index in [2.05, 4.69) is 10.3 Å². The molecule has 0 fully saturated rings. The van der Waals surface area contributed by atoms with Gasteiger partial charge in [0.25, 0.3) is 0 Å². The van der Waals surface area contributed by atoms with Crippen LogP contribution in [0.1, 0.15) is 12.5 Å². The molecule has 5 nitrogen and oxygen atoms in total. The van der Waals surface area contributed by atoms with Crippen molar-refractivity contribution in [3.63, 3.8) is 0 Å². The molecule has 0 aliphatic heterocycles. The third-order valence-corrected chi connectivity index (χ3v) is 2.73. The lowest BCUT2D eigenvalue weighted by atomic mass is 10.1. The van der Waals surface area contributed by atoms with Crippen LogP contribution in [0.5, 0.6) is 0 Å². The first-order chi connectivity index (χ1) is 8.97. The van der Waals surface area contributed by atoms with Crippen LogP contribution in [-0.4, -0.2) is 22.0 Å². The van der Waals surface area contributed by atoms with E-state index in [1.807, 2.05) is 0 Å². The maximum absolute atomic E-state index is 11.1. The number of aromatic amines is 1. The molecule has 3 N–H and O–H groups in total. The molecule has 2 aromatic rings. The van der Waals surface area contributed by atoms with Crippen molar-refractivity contribution in [1.82, 2.24) is 4.98 Å². The third-order valence-electron chi connectivity index (χ3n) is 2.49. The highest BCUT2D eigenvalue weighted by Crippen LogP contribution is 2.29. The van der Waals surface area contributed by atoms with Crippen molar-refractivity contribution in [1.29, 1.82) is 0 Å². The van der Waals surface area contributed by atoms with Crippen LogP contribution in [0.15, 0.2) is 24.3 Å². The average molecular weight is 279 g/mol. The summed E-state index contributed by atoms with van der Waals surface area (Å²) < 4.78 is 0. The molecule has 0 bridgehead atoms. The first kappa shape index (κ1) is 13.2. The zero-order valence-electron chi connectivity index (χ0n) is 10.0. The predicted molar refractivity (Wildman–Crippen MR) is 74.3 cm³/mol. The minimum Gasteiger partial charge on any atom is -0.478 e. The topological polar surface area (TPSA) is 82.2 Å². The number of aliphatic carboxylic acids is 1. The van der Waals surface area contributed by atoms with Gasteiger partial charge in [-0.25, -0.2) is 4.79 Å². The van der Waals surface area contributed by atoms with E-state index in [0.717, 1.165) is 17.0 Å². The molecule has 0 radical (unpaired) electrons. The number of aromatic nitrogens is 1. The molecule has 0 aliphatic carbocycles. The summed E-state index contributed by atoms with van der Waals surface area (Å²) in [5.41, 5.74) is 1.32. The quantitative estimate of drug-likeness (QED) is 0.755. The molecule has 0 saturated heterocycles. The van der Waals surface area contributed by atoms with Crippen LogP contribution < -0.4 is 5.32 Å². The summed E-state index contributed by atoms with van der Waals surface area (Å²) in [6, 6.07) is 5.18. The fraction of sp³-hybridized carbons (Fsp3) is 0.0769. The summed E-state index contributed by atoms with van der Waals surface area (Å²) in [6.45, 7) is 1.38. The zero-order chi connectivity index (χ0) is 14.0. The lowest BCUT2D eigenvalue weighted by molar-refractivity contribution is -0.131. The summed E-state index contributed by atoms with van der Waals surface area (Å²) in [4.78, 5) is 24.8. The number of H-pyrrole nitrogens is 1. The molecule has 1 amide bonds. The van der Waals surface area contributed by atoms with Crippen LogP contribution in [0, 0.1) is 0 Å². The Kier molecular flexibility index (Phi) is 3.57. The zero-order valence-corrected chi connectivity index (χ0v) is 10.8. The summed E-state index contributed by atoms with van der Waals surface area (Å²) in [5.74, 6) is -0.859. The van der Waals surface area contributed by atoms with Gasteiger partial charge in [-0.15, -0.1) is 0 Å². The Labute approximate surface area is 113 Å². The predicted octanol–water partition coefficient (Wildman–Crippen LogP) is 2.88. The van der Waals surface area contributed by atoms with E-state index in [1.54, 1.807) is 18.2 Å². The largest absolute Gasteiger partial charge is 0.478 e. The van der Waals surface area contributed by atoms with Crippen LogP contribution in [0.3, 0.4) is 0 Å². The lowest BCUT2D eigenvalue weighted by Gasteiger charge is -2.00. The van der Waals surface area contributed by atoms with Crippen LogP contribution in [0.25, 0.3) is 17.0 Å². The van der Waals surface area contributed by atoms with E-state index in [9.17, 15) is 9.59 Å². The second-order valence-electron chi connectivity index (χ2n) is 3.96. The molecule has 0 unspecified atom stereocenters. The normalized spacial score (nSPS) is 11.1. The number of nitrogens with one attached hydrogen (secondary N) is 2. The summed E-state index contributed by atoms with van der Waals surface area (Å²) >= 11 is 5.89. The van der Waals surface area contributed by atoms with E-state index in [1.165, 1.54) is 13.0 Å². The molecule has 1 aromatic heterocycles. The summed E-state index contributed by atoms with van der Waals surface area (Å²) in [7, 11) is 0. The minimum absolute atomic E-state index is 0.248. The number of carbonyl (C=O) groups is 2. The molecule has 1 heterocycles. The minimum atomic E-state index is -1.06. The highest BCUT2D eigenvalue weighted by Gasteiger charge is 2.10. The van der Waals surface area contributed by atoms with Crippen molar-refractivity contribution in [2.75, 3.05) is 5.32 Å². The van der Waals surface area contributed by atoms with E-state index in [0.29, 0.717) is 16.4 Å². The molecule has 2 rings (SSSR count). The molecule has 98 valence electrons. The van der Waals surface area contributed by atoms with Gasteiger partial charge in [-0.2, -0.15) is 0 Å². The second kappa shape index (κ2) is 5.16. The first-order valence-electron chi connectivity index (χ1n) is 5.47. The molecular formula is C13H11ClN2O3. The number of rotatable bonds is 3. The van der Waals surface area contributed by atoms with Gasteiger partial charge in [-0.1, -0.05) is 17.7 Å². The van der Waals surface area contributed by atoms with Gasteiger partial charge >= 0.3 is 5.97 Å². The molecule has 19 heavy (non-hydrogen) atoms. The standard InChI is InChI=1S/C13H11ClN2O3/c1-7(17)15-13-10(4-5-12(18)19)9-3-2-8(14)6-11(9)16-13/h2-6,16H,1H3,(H,15,17)(H,18,19). The number of carbonyl (C=O) groups excluding carboxylic acids is 1.